The molecule has 4 heteroatoms. The van der Waals surface area contributed by atoms with Crippen molar-refractivity contribution in [2.75, 3.05) is 13.7 Å². The average Bonchev–Trinajstić information content (AvgIpc) is 3.36. The molecule has 1 aromatic rings. The zero-order valence-corrected chi connectivity index (χ0v) is 19.9. The van der Waals surface area contributed by atoms with Gasteiger partial charge in [-0.2, -0.15) is 10.4 Å². The topological polar surface area (TPSA) is 50.8 Å². The van der Waals surface area contributed by atoms with Crippen LogP contribution in [-0.4, -0.2) is 23.5 Å². The second kappa shape index (κ2) is 8.22. The summed E-state index contributed by atoms with van der Waals surface area (Å²) in [5.41, 5.74) is 1.78. The van der Waals surface area contributed by atoms with Gasteiger partial charge in [0.2, 0.25) is 0 Å². The molecule has 4 aliphatic carbocycles. The molecular formula is C27H41N3O. The molecule has 170 valence electrons. The Morgan fingerprint density at radius 2 is 1.90 bits per heavy atom. The van der Waals surface area contributed by atoms with Gasteiger partial charge in [0.15, 0.2) is 0 Å². The van der Waals surface area contributed by atoms with Gasteiger partial charge in [0, 0.05) is 26.5 Å². The van der Waals surface area contributed by atoms with Crippen LogP contribution in [0.2, 0.25) is 0 Å². The van der Waals surface area contributed by atoms with E-state index >= 15 is 0 Å². The molecule has 0 amide bonds. The number of aryl methyl sites for hydroxylation is 1. The molecule has 0 spiro atoms. The van der Waals surface area contributed by atoms with Crippen molar-refractivity contribution < 1.29 is 4.74 Å². The Hall–Kier alpha value is -1.34. The van der Waals surface area contributed by atoms with Crippen LogP contribution in [0, 0.1) is 57.7 Å². The van der Waals surface area contributed by atoms with Gasteiger partial charge in [-0.25, -0.2) is 0 Å². The van der Waals surface area contributed by atoms with Crippen molar-refractivity contribution in [3.8, 4) is 6.07 Å². The van der Waals surface area contributed by atoms with Crippen LogP contribution in [-0.2, 0) is 11.3 Å². The molecule has 4 nitrogen and oxygen atoms in total. The van der Waals surface area contributed by atoms with E-state index in [2.05, 4.69) is 25.0 Å². The predicted molar refractivity (Wildman–Crippen MR) is 122 cm³/mol. The van der Waals surface area contributed by atoms with Gasteiger partial charge in [-0.05, 0) is 111 Å². The molecule has 4 aliphatic rings. The lowest BCUT2D eigenvalue weighted by Crippen LogP contribution is -2.53. The summed E-state index contributed by atoms with van der Waals surface area (Å²) in [6.07, 6.45) is 17.7. The number of hydrogen-bond acceptors (Lipinski definition) is 3. The van der Waals surface area contributed by atoms with Crippen molar-refractivity contribution in [2.24, 2.45) is 46.3 Å². The monoisotopic (exact) mass is 423 g/mol. The molecule has 31 heavy (non-hydrogen) atoms. The summed E-state index contributed by atoms with van der Waals surface area (Å²) < 4.78 is 7.51. The van der Waals surface area contributed by atoms with Crippen LogP contribution in [0.1, 0.15) is 83.6 Å². The van der Waals surface area contributed by atoms with E-state index in [0.717, 1.165) is 48.7 Å². The Labute approximate surface area is 188 Å². The van der Waals surface area contributed by atoms with Gasteiger partial charge in [0.1, 0.15) is 6.07 Å². The molecule has 0 aliphatic heterocycles. The van der Waals surface area contributed by atoms with E-state index in [1.807, 2.05) is 18.0 Å². The summed E-state index contributed by atoms with van der Waals surface area (Å²) in [6.45, 7) is 7.24. The molecule has 0 bridgehead atoms. The van der Waals surface area contributed by atoms with Crippen LogP contribution in [0.4, 0.5) is 0 Å². The van der Waals surface area contributed by atoms with Crippen LogP contribution in [0.5, 0.6) is 0 Å². The standard InChI is InChI=1S/C27H41N3O/c1-26-12-9-25-23(6-4-22-14-19(18-31-3)8-11-27(22,25)2)24(26)7-5-21(26)10-13-30-17-20(15-28)16-29-30/h16-17,19,21-25H,4-14,18H2,1-3H3/t19-,21+,22+,23-,24?,25?,26+,27-/m0/s1. The molecule has 0 N–H and O–H groups in total. The molecule has 2 unspecified atom stereocenters. The van der Waals surface area contributed by atoms with Crippen molar-refractivity contribution >= 4 is 0 Å². The third kappa shape index (κ3) is 3.56. The van der Waals surface area contributed by atoms with E-state index in [9.17, 15) is 0 Å². The Kier molecular flexibility index (Phi) is 5.70. The first-order valence-electron chi connectivity index (χ1n) is 12.9. The number of rotatable bonds is 5. The number of aromatic nitrogens is 2. The number of nitrogens with zero attached hydrogens (tertiary/aromatic N) is 3. The lowest BCUT2D eigenvalue weighted by atomic mass is 9.44. The van der Waals surface area contributed by atoms with Crippen LogP contribution in [0.15, 0.2) is 12.4 Å². The zero-order chi connectivity index (χ0) is 21.6. The Balaban J connectivity index is 1.27. The average molecular weight is 424 g/mol. The summed E-state index contributed by atoms with van der Waals surface area (Å²) in [7, 11) is 1.87. The van der Waals surface area contributed by atoms with Crippen LogP contribution in [0.25, 0.3) is 0 Å². The summed E-state index contributed by atoms with van der Waals surface area (Å²) in [5.74, 6) is 5.38. The quantitative estimate of drug-likeness (QED) is 0.578. The molecular weight excluding hydrogens is 382 g/mol. The molecule has 4 fully saturated rings. The third-order valence-electron chi connectivity index (χ3n) is 10.8. The van der Waals surface area contributed by atoms with Gasteiger partial charge < -0.3 is 4.74 Å². The highest BCUT2D eigenvalue weighted by Crippen LogP contribution is 2.68. The van der Waals surface area contributed by atoms with Crippen molar-refractivity contribution in [1.29, 1.82) is 5.26 Å². The fraction of sp³-hybridized carbons (Fsp3) is 0.852. The first-order valence-corrected chi connectivity index (χ1v) is 12.9. The molecule has 0 saturated heterocycles. The minimum Gasteiger partial charge on any atom is -0.384 e. The van der Waals surface area contributed by atoms with Crippen LogP contribution >= 0.6 is 0 Å². The summed E-state index contributed by atoms with van der Waals surface area (Å²) in [6, 6.07) is 2.20. The second-order valence-electron chi connectivity index (χ2n) is 12.0. The zero-order valence-electron chi connectivity index (χ0n) is 19.9. The highest BCUT2D eigenvalue weighted by Gasteiger charge is 2.59. The van der Waals surface area contributed by atoms with E-state index < -0.39 is 0 Å². The summed E-state index contributed by atoms with van der Waals surface area (Å²) in [5, 5.41) is 13.5. The number of ether oxygens (including phenoxy) is 1. The summed E-state index contributed by atoms with van der Waals surface area (Å²) >= 11 is 0. The van der Waals surface area contributed by atoms with E-state index in [1.165, 1.54) is 64.2 Å². The van der Waals surface area contributed by atoms with Gasteiger partial charge in [-0.1, -0.05) is 13.8 Å². The number of hydrogen-bond donors (Lipinski definition) is 0. The highest BCUT2D eigenvalue weighted by molar-refractivity contribution is 5.21. The molecule has 4 saturated carbocycles. The Morgan fingerprint density at radius 1 is 1.10 bits per heavy atom. The number of nitriles is 1. The van der Waals surface area contributed by atoms with Crippen molar-refractivity contribution in [1.82, 2.24) is 9.78 Å². The normalized spacial score (nSPS) is 44.2. The SMILES string of the molecule is COC[C@H]1CC[C@]2(C)C3CC[C@@]4(C)C(CC[C@@H]4CCn4cc(C#N)cn4)[C@@H]3CC[C@@H]2C1. The maximum absolute atomic E-state index is 9.07. The van der Waals surface area contributed by atoms with Crippen molar-refractivity contribution in [3.05, 3.63) is 18.0 Å². The second-order valence-corrected chi connectivity index (χ2v) is 12.0. The van der Waals surface area contributed by atoms with Gasteiger partial charge in [-0.3, -0.25) is 4.68 Å². The lowest BCUT2D eigenvalue weighted by Gasteiger charge is -2.61. The minimum atomic E-state index is 0.517. The van der Waals surface area contributed by atoms with Crippen LogP contribution in [0.3, 0.4) is 0 Å². The number of fused-ring (bicyclic) bond motifs is 5. The largest absolute Gasteiger partial charge is 0.384 e. The maximum atomic E-state index is 9.07. The predicted octanol–water partition coefficient (Wildman–Crippen LogP) is 6.07. The minimum absolute atomic E-state index is 0.517. The van der Waals surface area contributed by atoms with Gasteiger partial charge in [0.05, 0.1) is 11.8 Å². The van der Waals surface area contributed by atoms with Gasteiger partial charge in [0.25, 0.3) is 0 Å². The van der Waals surface area contributed by atoms with Crippen molar-refractivity contribution in [3.63, 3.8) is 0 Å². The molecule has 0 radical (unpaired) electrons. The smallest absolute Gasteiger partial charge is 0.102 e. The first-order chi connectivity index (χ1) is 15.0. The van der Waals surface area contributed by atoms with E-state index in [1.54, 1.807) is 6.20 Å². The van der Waals surface area contributed by atoms with Crippen molar-refractivity contribution in [2.45, 2.75) is 84.6 Å². The fourth-order valence-corrected chi connectivity index (χ4v) is 9.15. The molecule has 0 aromatic carbocycles. The molecule has 1 aromatic heterocycles. The van der Waals surface area contributed by atoms with E-state index in [4.69, 9.17) is 10.00 Å². The molecule has 5 rings (SSSR count). The van der Waals surface area contributed by atoms with Gasteiger partial charge in [-0.15, -0.1) is 0 Å². The summed E-state index contributed by atoms with van der Waals surface area (Å²) in [4.78, 5) is 0. The molecule has 1 heterocycles. The number of methoxy groups -OCH3 is 1. The van der Waals surface area contributed by atoms with E-state index in [0.29, 0.717) is 16.4 Å². The first kappa shape index (κ1) is 21.5. The fourth-order valence-electron chi connectivity index (χ4n) is 9.15. The van der Waals surface area contributed by atoms with Crippen LogP contribution < -0.4 is 0 Å². The van der Waals surface area contributed by atoms with Gasteiger partial charge >= 0.3 is 0 Å². The van der Waals surface area contributed by atoms with E-state index in [-0.39, 0.29) is 0 Å². The third-order valence-corrected chi connectivity index (χ3v) is 10.8. The maximum Gasteiger partial charge on any atom is 0.102 e. The Morgan fingerprint density at radius 3 is 2.68 bits per heavy atom. The Bertz CT molecular complexity index is 827. The molecule has 8 atom stereocenters. The lowest BCUT2D eigenvalue weighted by molar-refractivity contribution is -0.121. The highest BCUT2D eigenvalue weighted by atomic mass is 16.5.